The zero-order valence-electron chi connectivity index (χ0n) is 12.1. The van der Waals surface area contributed by atoms with Crippen LogP contribution in [0.25, 0.3) is 0 Å². The van der Waals surface area contributed by atoms with E-state index in [1.165, 1.54) is 12.8 Å². The van der Waals surface area contributed by atoms with Gasteiger partial charge in [0.05, 0.1) is 12.7 Å². The molecule has 21 heavy (non-hydrogen) atoms. The molecule has 1 aromatic carbocycles. The van der Waals surface area contributed by atoms with Gasteiger partial charge in [0.25, 0.3) is 0 Å². The number of aliphatic hydroxyl groups is 1. The summed E-state index contributed by atoms with van der Waals surface area (Å²) in [7, 11) is 0. The molecule has 2 aliphatic heterocycles. The van der Waals surface area contributed by atoms with E-state index in [1.807, 2.05) is 24.3 Å². The molecular formula is C17H20N2O2. The first-order valence-electron chi connectivity index (χ1n) is 7.79. The lowest BCUT2D eigenvalue weighted by Crippen LogP contribution is -2.55. The van der Waals surface area contributed by atoms with Gasteiger partial charge in [-0.1, -0.05) is 18.2 Å². The highest BCUT2D eigenvalue weighted by molar-refractivity contribution is 5.49. The second kappa shape index (κ2) is 4.46. The van der Waals surface area contributed by atoms with Crippen molar-refractivity contribution in [2.75, 3.05) is 19.7 Å². The fourth-order valence-electron chi connectivity index (χ4n) is 4.02. The maximum absolute atomic E-state index is 11.3. The van der Waals surface area contributed by atoms with Gasteiger partial charge in [-0.15, -0.1) is 0 Å². The number of para-hydroxylation sites is 1. The van der Waals surface area contributed by atoms with Crippen LogP contribution in [0.5, 0.6) is 5.75 Å². The first kappa shape index (κ1) is 13.1. The Bertz CT molecular complexity index is 607. The van der Waals surface area contributed by atoms with E-state index in [0.29, 0.717) is 32.0 Å². The molecule has 1 aliphatic carbocycles. The highest BCUT2D eigenvalue weighted by atomic mass is 16.5. The normalized spacial score (nSPS) is 35.8. The van der Waals surface area contributed by atoms with Crippen LogP contribution in [0.2, 0.25) is 0 Å². The minimum absolute atomic E-state index is 0.496. The minimum Gasteiger partial charge on any atom is -0.493 e. The lowest BCUT2D eigenvalue weighted by atomic mass is 9.64. The van der Waals surface area contributed by atoms with Crippen LogP contribution in [-0.4, -0.2) is 41.3 Å². The Kier molecular flexibility index (Phi) is 2.79. The molecule has 4 rings (SSSR count). The molecule has 4 heteroatoms. The van der Waals surface area contributed by atoms with E-state index in [9.17, 15) is 10.4 Å². The number of hydrogen-bond acceptors (Lipinski definition) is 4. The predicted molar refractivity (Wildman–Crippen MR) is 78.0 cm³/mol. The van der Waals surface area contributed by atoms with Crippen molar-refractivity contribution in [1.29, 1.82) is 5.26 Å². The van der Waals surface area contributed by atoms with Gasteiger partial charge >= 0.3 is 0 Å². The molecule has 1 N–H and O–H groups in total. The molecule has 2 atom stereocenters. The third kappa shape index (κ3) is 1.81. The van der Waals surface area contributed by atoms with Gasteiger partial charge in [0.1, 0.15) is 16.8 Å². The van der Waals surface area contributed by atoms with Gasteiger partial charge < -0.3 is 9.84 Å². The molecule has 110 valence electrons. The summed E-state index contributed by atoms with van der Waals surface area (Å²) in [6.45, 7) is 2.00. The van der Waals surface area contributed by atoms with Gasteiger partial charge in [-0.3, -0.25) is 4.90 Å². The Labute approximate surface area is 124 Å². The molecule has 0 spiro atoms. The number of fused-ring (bicyclic) bond motifs is 1. The van der Waals surface area contributed by atoms with Crippen LogP contribution >= 0.6 is 0 Å². The molecular weight excluding hydrogens is 264 g/mol. The summed E-state index contributed by atoms with van der Waals surface area (Å²) in [6.07, 6.45) is 3.70. The fraction of sp³-hybridized carbons (Fsp3) is 0.588. The zero-order valence-corrected chi connectivity index (χ0v) is 12.1. The van der Waals surface area contributed by atoms with Gasteiger partial charge in [-0.05, 0) is 25.3 Å². The summed E-state index contributed by atoms with van der Waals surface area (Å²) in [5.41, 5.74) is -0.950. The van der Waals surface area contributed by atoms with Crippen LogP contribution in [0.1, 0.15) is 31.2 Å². The van der Waals surface area contributed by atoms with Crippen molar-refractivity contribution in [1.82, 2.24) is 4.90 Å². The lowest BCUT2D eigenvalue weighted by molar-refractivity contribution is -0.0233. The van der Waals surface area contributed by atoms with E-state index in [-0.39, 0.29) is 0 Å². The third-order valence-electron chi connectivity index (χ3n) is 5.41. The van der Waals surface area contributed by atoms with Crippen LogP contribution < -0.4 is 4.74 Å². The number of nitrogens with zero attached hydrogens (tertiary/aromatic N) is 2. The minimum atomic E-state index is -0.968. The van der Waals surface area contributed by atoms with Crippen LogP contribution in [-0.2, 0) is 5.41 Å². The molecule has 4 nitrogen and oxygen atoms in total. The standard InChI is InChI=1S/C17H20N2O2/c18-11-16(8-10-21-15-4-2-1-3-14(15)16)17(20)7-9-19(12-17)13-5-6-13/h1-4,13,20H,5-10,12H2. The largest absolute Gasteiger partial charge is 0.493 e. The van der Waals surface area contributed by atoms with Crippen molar-refractivity contribution < 1.29 is 9.84 Å². The van der Waals surface area contributed by atoms with Gasteiger partial charge in [0, 0.05) is 31.1 Å². The number of nitriles is 1. The van der Waals surface area contributed by atoms with E-state index in [2.05, 4.69) is 11.0 Å². The average molecular weight is 284 g/mol. The summed E-state index contributed by atoms with van der Waals surface area (Å²) in [6, 6.07) is 10.8. The van der Waals surface area contributed by atoms with E-state index >= 15 is 0 Å². The molecule has 3 aliphatic rings. The van der Waals surface area contributed by atoms with Crippen molar-refractivity contribution in [2.45, 2.75) is 42.7 Å². The smallest absolute Gasteiger partial charge is 0.124 e. The monoisotopic (exact) mass is 284 g/mol. The second-order valence-electron chi connectivity index (χ2n) is 6.59. The molecule has 1 saturated carbocycles. The van der Waals surface area contributed by atoms with Crippen molar-refractivity contribution >= 4 is 0 Å². The summed E-state index contributed by atoms with van der Waals surface area (Å²) in [4.78, 5) is 2.36. The van der Waals surface area contributed by atoms with Crippen LogP contribution in [0.15, 0.2) is 24.3 Å². The first-order chi connectivity index (χ1) is 10.2. The average Bonchev–Trinajstić information content (AvgIpc) is 3.29. The summed E-state index contributed by atoms with van der Waals surface area (Å²) >= 11 is 0. The molecule has 2 fully saturated rings. The van der Waals surface area contributed by atoms with E-state index in [4.69, 9.17) is 4.74 Å². The van der Waals surface area contributed by atoms with Gasteiger partial charge in [0.15, 0.2) is 0 Å². The fourth-order valence-corrected chi connectivity index (χ4v) is 4.02. The van der Waals surface area contributed by atoms with Crippen LogP contribution in [0, 0.1) is 11.3 Å². The highest BCUT2D eigenvalue weighted by Crippen LogP contribution is 2.50. The molecule has 0 radical (unpaired) electrons. The van der Waals surface area contributed by atoms with Gasteiger partial charge in [0.2, 0.25) is 0 Å². The SMILES string of the molecule is N#CC1(C2(O)CCN(C3CC3)C2)CCOc2ccccc21. The van der Waals surface area contributed by atoms with E-state index in [1.54, 1.807) is 0 Å². The number of rotatable bonds is 2. The first-order valence-corrected chi connectivity index (χ1v) is 7.79. The molecule has 0 bridgehead atoms. The van der Waals surface area contributed by atoms with Gasteiger partial charge in [-0.25, -0.2) is 0 Å². The summed E-state index contributed by atoms with van der Waals surface area (Å²) in [5.74, 6) is 0.753. The number of hydrogen-bond donors (Lipinski definition) is 1. The summed E-state index contributed by atoms with van der Waals surface area (Å²) in [5, 5.41) is 21.3. The van der Waals surface area contributed by atoms with Crippen molar-refractivity contribution in [3.63, 3.8) is 0 Å². The maximum atomic E-state index is 11.3. The Morgan fingerprint density at radius 3 is 2.86 bits per heavy atom. The Hall–Kier alpha value is -1.57. The molecule has 0 amide bonds. The Morgan fingerprint density at radius 1 is 1.29 bits per heavy atom. The molecule has 1 aromatic rings. The number of likely N-dealkylation sites (tertiary alicyclic amines) is 1. The molecule has 2 unspecified atom stereocenters. The number of β-amino-alcohol motifs (C(OH)–C–C–N with tert-alkyl or cyclic N) is 1. The van der Waals surface area contributed by atoms with Crippen molar-refractivity contribution in [2.24, 2.45) is 0 Å². The molecule has 1 saturated heterocycles. The molecule has 0 aromatic heterocycles. The lowest BCUT2D eigenvalue weighted by Gasteiger charge is -2.43. The Balaban J connectivity index is 1.76. The second-order valence-corrected chi connectivity index (χ2v) is 6.59. The third-order valence-corrected chi connectivity index (χ3v) is 5.41. The number of benzene rings is 1. The quantitative estimate of drug-likeness (QED) is 0.900. The summed E-state index contributed by atoms with van der Waals surface area (Å²) < 4.78 is 5.70. The van der Waals surface area contributed by atoms with Crippen LogP contribution in [0.3, 0.4) is 0 Å². The van der Waals surface area contributed by atoms with E-state index in [0.717, 1.165) is 17.9 Å². The zero-order chi connectivity index (χ0) is 14.5. The topological polar surface area (TPSA) is 56.5 Å². The van der Waals surface area contributed by atoms with Crippen molar-refractivity contribution in [3.8, 4) is 11.8 Å². The van der Waals surface area contributed by atoms with Crippen molar-refractivity contribution in [3.05, 3.63) is 29.8 Å². The predicted octanol–water partition coefficient (Wildman–Crippen LogP) is 1.83. The highest BCUT2D eigenvalue weighted by Gasteiger charge is 2.58. The maximum Gasteiger partial charge on any atom is 0.124 e. The van der Waals surface area contributed by atoms with Gasteiger partial charge in [-0.2, -0.15) is 5.26 Å². The van der Waals surface area contributed by atoms with Crippen LogP contribution in [0.4, 0.5) is 0 Å². The Morgan fingerprint density at radius 2 is 2.10 bits per heavy atom. The van der Waals surface area contributed by atoms with E-state index < -0.39 is 11.0 Å². The number of ether oxygens (including phenoxy) is 1. The molecule has 2 heterocycles.